The maximum Gasteiger partial charge on any atom is 0.420 e. The molecule has 0 bridgehead atoms. The van der Waals surface area contributed by atoms with Crippen LogP contribution < -0.4 is 0 Å². The first-order chi connectivity index (χ1) is 5.10. The normalized spacial score (nSPS) is 30.4. The molecule has 1 aliphatic heterocycles. The number of carbonyl (C=O) groups excluding carboxylic acids is 2. The molecule has 1 atom stereocenters. The van der Waals surface area contributed by atoms with Gasteiger partial charge in [-0.05, 0) is 6.92 Å². The molecule has 0 aromatic heterocycles. The van der Waals surface area contributed by atoms with E-state index in [1.54, 1.807) is 6.92 Å². The van der Waals surface area contributed by atoms with Crippen LogP contribution in [0.15, 0.2) is 0 Å². The Morgan fingerprint density at radius 1 is 1.91 bits per heavy atom. The van der Waals surface area contributed by atoms with Gasteiger partial charge in [0, 0.05) is 6.42 Å². The molecule has 0 aliphatic carbocycles. The molecule has 4 nitrogen and oxygen atoms in total. The first-order valence-electron chi connectivity index (χ1n) is 3.16. The Bertz CT molecular complexity index is 196. The average molecular weight is 222 g/mol. The van der Waals surface area contributed by atoms with E-state index in [1.165, 1.54) is 3.93 Å². The Labute approximate surface area is 72.8 Å². The molecule has 1 heterocycles. The van der Waals surface area contributed by atoms with Gasteiger partial charge in [-0.3, -0.25) is 0 Å². The van der Waals surface area contributed by atoms with Crippen molar-refractivity contribution in [3.63, 3.8) is 0 Å². The zero-order valence-corrected chi connectivity index (χ0v) is 7.63. The van der Waals surface area contributed by atoms with E-state index in [1.807, 2.05) is 0 Å². The van der Waals surface area contributed by atoms with Crippen LogP contribution in [-0.4, -0.2) is 28.5 Å². The standard InChI is InChI=1S/C6H8BrNO3/c1-6(2-3-9)4-11-5(10)8(6)7/h3H,2,4H2,1H3. The number of nitrogens with zero attached hydrogens (tertiary/aromatic N) is 1. The highest BCUT2D eigenvalue weighted by atomic mass is 79.9. The van der Waals surface area contributed by atoms with E-state index in [4.69, 9.17) is 4.74 Å². The number of ether oxygens (including phenoxy) is 1. The van der Waals surface area contributed by atoms with Crippen LogP contribution in [0.2, 0.25) is 0 Å². The van der Waals surface area contributed by atoms with Crippen molar-refractivity contribution in [3.05, 3.63) is 0 Å². The van der Waals surface area contributed by atoms with E-state index < -0.39 is 11.6 Å². The molecule has 11 heavy (non-hydrogen) atoms. The van der Waals surface area contributed by atoms with Crippen molar-refractivity contribution >= 4 is 28.5 Å². The van der Waals surface area contributed by atoms with Gasteiger partial charge in [0.05, 0.1) is 21.7 Å². The number of cyclic esters (lactones) is 1. The summed E-state index contributed by atoms with van der Waals surface area (Å²) in [4.78, 5) is 21.0. The summed E-state index contributed by atoms with van der Waals surface area (Å²) in [6.45, 7) is 2.04. The van der Waals surface area contributed by atoms with Gasteiger partial charge in [0.25, 0.3) is 0 Å². The SMILES string of the molecule is CC1(CC=O)COC(=O)N1Br. The fraction of sp³-hybridized carbons (Fsp3) is 0.667. The van der Waals surface area contributed by atoms with Crippen LogP contribution in [0.1, 0.15) is 13.3 Å². The molecule has 0 aromatic carbocycles. The van der Waals surface area contributed by atoms with Gasteiger partial charge in [0.2, 0.25) is 0 Å². The largest absolute Gasteiger partial charge is 0.446 e. The molecular formula is C6H8BrNO3. The number of rotatable bonds is 2. The summed E-state index contributed by atoms with van der Waals surface area (Å²) in [6.07, 6.45) is 0.620. The van der Waals surface area contributed by atoms with Gasteiger partial charge in [-0.25, -0.2) is 8.72 Å². The lowest BCUT2D eigenvalue weighted by Gasteiger charge is -2.23. The third kappa shape index (κ3) is 1.38. The van der Waals surface area contributed by atoms with E-state index in [0.717, 1.165) is 6.29 Å². The van der Waals surface area contributed by atoms with E-state index >= 15 is 0 Å². The van der Waals surface area contributed by atoms with Crippen LogP contribution in [0.5, 0.6) is 0 Å². The molecule has 0 aromatic rings. The van der Waals surface area contributed by atoms with Gasteiger partial charge in [-0.1, -0.05) is 0 Å². The molecule has 0 radical (unpaired) electrons. The summed E-state index contributed by atoms with van der Waals surface area (Å²) in [6, 6.07) is 0. The van der Waals surface area contributed by atoms with E-state index in [2.05, 4.69) is 16.1 Å². The fourth-order valence-electron chi connectivity index (χ4n) is 0.870. The molecule has 1 unspecified atom stereocenters. The third-order valence-corrected chi connectivity index (χ3v) is 2.81. The number of hydrogen-bond acceptors (Lipinski definition) is 3. The van der Waals surface area contributed by atoms with Gasteiger partial charge in [0.1, 0.15) is 12.9 Å². The summed E-state index contributed by atoms with van der Waals surface area (Å²) in [7, 11) is 0. The minimum atomic E-state index is -0.515. The van der Waals surface area contributed by atoms with Crippen molar-refractivity contribution in [3.8, 4) is 0 Å². The molecular weight excluding hydrogens is 214 g/mol. The zero-order valence-electron chi connectivity index (χ0n) is 6.04. The minimum Gasteiger partial charge on any atom is -0.446 e. The third-order valence-electron chi connectivity index (χ3n) is 1.66. The predicted molar refractivity (Wildman–Crippen MR) is 41.2 cm³/mol. The number of carbonyl (C=O) groups is 2. The molecule has 0 spiro atoms. The number of amides is 1. The Kier molecular flexibility index (Phi) is 2.17. The number of halogens is 1. The lowest BCUT2D eigenvalue weighted by atomic mass is 10.0. The van der Waals surface area contributed by atoms with E-state index in [0.29, 0.717) is 0 Å². The van der Waals surface area contributed by atoms with Crippen LogP contribution in [0.25, 0.3) is 0 Å². The van der Waals surface area contributed by atoms with Gasteiger partial charge < -0.3 is 9.53 Å². The number of aldehydes is 1. The Balaban J connectivity index is 2.71. The summed E-state index contributed by atoms with van der Waals surface area (Å²) < 4.78 is 5.99. The van der Waals surface area contributed by atoms with Crippen molar-refractivity contribution in [1.82, 2.24) is 3.93 Å². The van der Waals surface area contributed by atoms with Crippen LogP contribution in [-0.2, 0) is 9.53 Å². The lowest BCUT2D eigenvalue weighted by molar-refractivity contribution is -0.109. The summed E-state index contributed by atoms with van der Waals surface area (Å²) in [5, 5.41) is 0. The maximum absolute atomic E-state index is 10.8. The van der Waals surface area contributed by atoms with Crippen molar-refractivity contribution in [1.29, 1.82) is 0 Å². The van der Waals surface area contributed by atoms with Crippen molar-refractivity contribution in [2.24, 2.45) is 0 Å². The zero-order chi connectivity index (χ0) is 8.48. The van der Waals surface area contributed by atoms with Crippen LogP contribution in [0.4, 0.5) is 4.79 Å². The molecule has 0 saturated carbocycles. The van der Waals surface area contributed by atoms with Crippen LogP contribution in [0.3, 0.4) is 0 Å². The van der Waals surface area contributed by atoms with Crippen LogP contribution >= 0.6 is 16.1 Å². The quantitative estimate of drug-likeness (QED) is 0.519. The Morgan fingerprint density at radius 3 is 2.91 bits per heavy atom. The lowest BCUT2D eigenvalue weighted by Crippen LogP contribution is -2.38. The van der Waals surface area contributed by atoms with Gasteiger partial charge in [0.15, 0.2) is 0 Å². The second kappa shape index (κ2) is 2.81. The molecule has 1 fully saturated rings. The molecule has 1 rings (SSSR count). The molecule has 1 amide bonds. The molecule has 1 aliphatic rings. The highest BCUT2D eigenvalue weighted by Crippen LogP contribution is 2.29. The van der Waals surface area contributed by atoms with Gasteiger partial charge in [-0.2, -0.15) is 0 Å². The second-order valence-corrected chi connectivity index (χ2v) is 3.41. The minimum absolute atomic E-state index is 0.260. The van der Waals surface area contributed by atoms with Gasteiger partial charge >= 0.3 is 6.09 Å². The van der Waals surface area contributed by atoms with E-state index in [9.17, 15) is 9.59 Å². The fourth-order valence-corrected chi connectivity index (χ4v) is 1.22. The maximum atomic E-state index is 10.8. The first kappa shape index (κ1) is 8.52. The topological polar surface area (TPSA) is 46.6 Å². The highest BCUT2D eigenvalue weighted by Gasteiger charge is 2.42. The molecule has 1 saturated heterocycles. The van der Waals surface area contributed by atoms with Crippen molar-refractivity contribution in [2.75, 3.05) is 6.61 Å². The molecule has 0 N–H and O–H groups in total. The second-order valence-electron chi connectivity index (χ2n) is 2.70. The Hall–Kier alpha value is -0.580. The predicted octanol–water partition coefficient (Wildman–Crippen LogP) is 1.10. The molecule has 62 valence electrons. The van der Waals surface area contributed by atoms with Crippen molar-refractivity contribution < 1.29 is 14.3 Å². The Morgan fingerprint density at radius 2 is 2.55 bits per heavy atom. The smallest absolute Gasteiger partial charge is 0.420 e. The summed E-state index contributed by atoms with van der Waals surface area (Å²) in [5.74, 6) is 0. The summed E-state index contributed by atoms with van der Waals surface area (Å²) in [5.41, 5.74) is -0.515. The van der Waals surface area contributed by atoms with Crippen LogP contribution in [0, 0.1) is 0 Å². The first-order valence-corrected chi connectivity index (χ1v) is 3.87. The highest BCUT2D eigenvalue weighted by molar-refractivity contribution is 9.07. The van der Waals surface area contributed by atoms with E-state index in [-0.39, 0.29) is 13.0 Å². The number of hydrogen-bond donors (Lipinski definition) is 0. The van der Waals surface area contributed by atoms with Gasteiger partial charge in [-0.15, -0.1) is 0 Å². The summed E-state index contributed by atoms with van der Waals surface area (Å²) >= 11 is 3.03. The molecule has 5 heteroatoms. The average Bonchev–Trinajstić information content (AvgIpc) is 2.19. The monoisotopic (exact) mass is 221 g/mol. The van der Waals surface area contributed by atoms with Crippen molar-refractivity contribution in [2.45, 2.75) is 18.9 Å².